The lowest BCUT2D eigenvalue weighted by atomic mass is 10.1. The largest absolute Gasteiger partial charge is 0.392 e. The third-order valence-corrected chi connectivity index (χ3v) is 3.49. The molecule has 0 unspecified atom stereocenters. The average molecular weight is 312 g/mol. The van der Waals surface area contributed by atoms with Gasteiger partial charge in [0.15, 0.2) is 0 Å². The molecule has 2 aromatic rings. The van der Waals surface area contributed by atoms with Crippen molar-refractivity contribution in [1.29, 1.82) is 0 Å². The molecule has 0 aliphatic carbocycles. The zero-order valence-electron chi connectivity index (χ0n) is 12.8. The second-order valence-corrected chi connectivity index (χ2v) is 5.15. The summed E-state index contributed by atoms with van der Waals surface area (Å²) in [5, 5.41) is 23.2. The van der Waals surface area contributed by atoms with Crippen LogP contribution in [0.4, 0.5) is 5.69 Å². The van der Waals surface area contributed by atoms with Gasteiger partial charge in [0.2, 0.25) is 0 Å². The summed E-state index contributed by atoms with van der Waals surface area (Å²) in [6, 6.07) is 14.5. The van der Waals surface area contributed by atoms with E-state index in [0.29, 0.717) is 12.1 Å². The van der Waals surface area contributed by atoms with Crippen LogP contribution in [-0.4, -0.2) is 23.1 Å². The predicted molar refractivity (Wildman–Crippen MR) is 91.1 cm³/mol. The minimum absolute atomic E-state index is 0.0644. The lowest BCUT2D eigenvalue weighted by Crippen LogP contribution is -2.16. The summed E-state index contributed by atoms with van der Waals surface area (Å²) in [6.07, 6.45) is 4.55. The molecular weight excluding hydrogens is 292 g/mol. The second-order valence-electron chi connectivity index (χ2n) is 5.15. The molecule has 5 nitrogen and oxygen atoms in total. The summed E-state index contributed by atoms with van der Waals surface area (Å²) in [4.78, 5) is 10.5. The van der Waals surface area contributed by atoms with E-state index >= 15 is 0 Å². The Balaban J connectivity index is 1.76. The van der Waals surface area contributed by atoms with E-state index in [4.69, 9.17) is 5.11 Å². The van der Waals surface area contributed by atoms with Crippen LogP contribution in [0.5, 0.6) is 0 Å². The van der Waals surface area contributed by atoms with E-state index in [-0.39, 0.29) is 17.2 Å². The Morgan fingerprint density at radius 1 is 1.09 bits per heavy atom. The zero-order chi connectivity index (χ0) is 16.5. The molecule has 0 saturated carbocycles. The van der Waals surface area contributed by atoms with Crippen LogP contribution in [0.15, 0.2) is 54.6 Å². The van der Waals surface area contributed by atoms with Crippen molar-refractivity contribution < 1.29 is 10.0 Å². The summed E-state index contributed by atoms with van der Waals surface area (Å²) >= 11 is 0. The molecule has 2 aromatic carbocycles. The van der Waals surface area contributed by atoms with E-state index in [2.05, 4.69) is 5.32 Å². The zero-order valence-corrected chi connectivity index (χ0v) is 12.8. The smallest absolute Gasteiger partial charge is 0.276 e. The minimum Gasteiger partial charge on any atom is -0.392 e. The Hall–Kier alpha value is -2.50. The number of aliphatic hydroxyl groups excluding tert-OH is 1. The van der Waals surface area contributed by atoms with Gasteiger partial charge in [0, 0.05) is 12.6 Å². The Morgan fingerprint density at radius 3 is 2.48 bits per heavy atom. The van der Waals surface area contributed by atoms with Gasteiger partial charge in [-0.05, 0) is 30.2 Å². The highest BCUT2D eigenvalue weighted by Crippen LogP contribution is 2.18. The standard InChI is InChI=1S/C18H20N2O3/c21-14-16-9-7-15(8-10-16)11-13-19-12-3-5-17-4-1-2-6-18(17)20(22)23/h1-10,19,21H,11-14H2/b5-3+. The van der Waals surface area contributed by atoms with Gasteiger partial charge >= 0.3 is 0 Å². The van der Waals surface area contributed by atoms with E-state index in [0.717, 1.165) is 18.5 Å². The lowest BCUT2D eigenvalue weighted by Gasteiger charge is -2.03. The summed E-state index contributed by atoms with van der Waals surface area (Å²) in [5.74, 6) is 0. The molecule has 0 fully saturated rings. The SMILES string of the molecule is O=[N+]([O-])c1ccccc1/C=C/CNCCc1ccc(CO)cc1. The Labute approximate surface area is 135 Å². The van der Waals surface area contributed by atoms with Crippen molar-refractivity contribution in [3.05, 3.63) is 81.4 Å². The fraction of sp³-hybridized carbons (Fsp3) is 0.222. The molecule has 5 heteroatoms. The number of nitrogens with one attached hydrogen (secondary N) is 1. The number of hydrogen-bond acceptors (Lipinski definition) is 4. The van der Waals surface area contributed by atoms with Gasteiger partial charge in [-0.25, -0.2) is 0 Å². The van der Waals surface area contributed by atoms with Gasteiger partial charge in [-0.3, -0.25) is 10.1 Å². The summed E-state index contributed by atoms with van der Waals surface area (Å²) in [6.45, 7) is 1.54. The van der Waals surface area contributed by atoms with Crippen molar-refractivity contribution >= 4 is 11.8 Å². The summed E-state index contributed by atoms with van der Waals surface area (Å²) in [7, 11) is 0. The van der Waals surface area contributed by atoms with Crippen molar-refractivity contribution in [2.75, 3.05) is 13.1 Å². The summed E-state index contributed by atoms with van der Waals surface area (Å²) < 4.78 is 0. The van der Waals surface area contributed by atoms with Gasteiger partial charge in [0.1, 0.15) is 0 Å². The molecule has 2 rings (SSSR count). The first-order valence-corrected chi connectivity index (χ1v) is 7.50. The molecule has 0 spiro atoms. The normalized spacial score (nSPS) is 11.0. The van der Waals surface area contributed by atoms with E-state index in [1.54, 1.807) is 24.3 Å². The van der Waals surface area contributed by atoms with Crippen molar-refractivity contribution in [1.82, 2.24) is 5.32 Å². The Morgan fingerprint density at radius 2 is 1.78 bits per heavy atom. The molecule has 0 amide bonds. The highest BCUT2D eigenvalue weighted by atomic mass is 16.6. The van der Waals surface area contributed by atoms with Crippen LogP contribution in [0.1, 0.15) is 16.7 Å². The second kappa shape index (κ2) is 8.82. The van der Waals surface area contributed by atoms with Crippen molar-refractivity contribution in [2.24, 2.45) is 0 Å². The number of benzene rings is 2. The highest BCUT2D eigenvalue weighted by Gasteiger charge is 2.08. The van der Waals surface area contributed by atoms with Crippen LogP contribution in [0.2, 0.25) is 0 Å². The molecular formula is C18H20N2O3. The molecule has 0 saturated heterocycles. The van der Waals surface area contributed by atoms with Crippen LogP contribution in [-0.2, 0) is 13.0 Å². The molecule has 0 heterocycles. The van der Waals surface area contributed by atoms with Gasteiger partial charge < -0.3 is 10.4 Å². The molecule has 0 aromatic heterocycles. The highest BCUT2D eigenvalue weighted by molar-refractivity contribution is 5.60. The van der Waals surface area contributed by atoms with Gasteiger partial charge in [-0.15, -0.1) is 0 Å². The molecule has 120 valence electrons. The maximum absolute atomic E-state index is 10.9. The molecule has 0 aliphatic rings. The fourth-order valence-electron chi connectivity index (χ4n) is 2.21. The van der Waals surface area contributed by atoms with Crippen LogP contribution < -0.4 is 5.32 Å². The number of hydrogen-bond donors (Lipinski definition) is 2. The van der Waals surface area contributed by atoms with E-state index in [1.165, 1.54) is 11.6 Å². The van der Waals surface area contributed by atoms with Crippen molar-refractivity contribution in [3.63, 3.8) is 0 Å². The van der Waals surface area contributed by atoms with E-state index in [1.807, 2.05) is 30.3 Å². The number of para-hydroxylation sites is 1. The number of rotatable bonds is 8. The molecule has 0 atom stereocenters. The molecule has 23 heavy (non-hydrogen) atoms. The first kappa shape index (κ1) is 16.9. The van der Waals surface area contributed by atoms with Gasteiger partial charge in [0.05, 0.1) is 17.1 Å². The maximum Gasteiger partial charge on any atom is 0.276 e. The average Bonchev–Trinajstić information content (AvgIpc) is 2.58. The van der Waals surface area contributed by atoms with Crippen LogP contribution >= 0.6 is 0 Å². The molecule has 2 N–H and O–H groups in total. The number of nitrogens with zero attached hydrogens (tertiary/aromatic N) is 1. The predicted octanol–water partition coefficient (Wildman–Crippen LogP) is 2.93. The van der Waals surface area contributed by atoms with Crippen molar-refractivity contribution in [3.8, 4) is 0 Å². The fourth-order valence-corrected chi connectivity index (χ4v) is 2.21. The van der Waals surface area contributed by atoms with Gasteiger partial charge in [-0.1, -0.05) is 48.6 Å². The Kier molecular flexibility index (Phi) is 6.47. The number of nitro groups is 1. The molecule has 0 aliphatic heterocycles. The minimum atomic E-state index is -0.372. The first-order chi connectivity index (χ1) is 11.2. The third kappa shape index (κ3) is 5.32. The number of nitro benzene ring substituents is 1. The Bertz CT molecular complexity index is 666. The molecule has 0 bridgehead atoms. The summed E-state index contributed by atoms with van der Waals surface area (Å²) in [5.41, 5.74) is 2.85. The number of aliphatic hydroxyl groups is 1. The van der Waals surface area contributed by atoms with Crippen molar-refractivity contribution in [2.45, 2.75) is 13.0 Å². The van der Waals surface area contributed by atoms with Gasteiger partial charge in [0.25, 0.3) is 5.69 Å². The topological polar surface area (TPSA) is 75.4 Å². The first-order valence-electron chi connectivity index (χ1n) is 7.50. The van der Waals surface area contributed by atoms with Gasteiger partial charge in [-0.2, -0.15) is 0 Å². The quantitative estimate of drug-likeness (QED) is 0.446. The lowest BCUT2D eigenvalue weighted by molar-refractivity contribution is -0.385. The monoisotopic (exact) mass is 312 g/mol. The van der Waals surface area contributed by atoms with Crippen LogP contribution in [0.3, 0.4) is 0 Å². The van der Waals surface area contributed by atoms with Crippen LogP contribution in [0.25, 0.3) is 6.08 Å². The molecule has 0 radical (unpaired) electrons. The van der Waals surface area contributed by atoms with E-state index < -0.39 is 0 Å². The van der Waals surface area contributed by atoms with E-state index in [9.17, 15) is 10.1 Å². The third-order valence-electron chi connectivity index (χ3n) is 3.49. The van der Waals surface area contributed by atoms with Crippen LogP contribution in [0, 0.1) is 10.1 Å². The maximum atomic E-state index is 10.9.